The number of nitrogens with one attached hydrogen (secondary N) is 1. The predicted molar refractivity (Wildman–Crippen MR) is 52.5 cm³/mol. The average Bonchev–Trinajstić information content (AvgIpc) is 2.39. The lowest BCUT2D eigenvalue weighted by Gasteiger charge is -2.11. The molecule has 3 nitrogen and oxygen atoms in total. The molecule has 0 fully saturated rings. The number of benzene rings is 1. The third-order valence-electron chi connectivity index (χ3n) is 2.55. The highest BCUT2D eigenvalue weighted by Crippen LogP contribution is 2.37. The Kier molecular flexibility index (Phi) is 1.62. The van der Waals surface area contributed by atoms with Crippen molar-refractivity contribution in [1.82, 2.24) is 0 Å². The van der Waals surface area contributed by atoms with Crippen LogP contribution in [0.2, 0.25) is 0 Å². The van der Waals surface area contributed by atoms with Gasteiger partial charge in [-0.3, -0.25) is 4.79 Å². The first-order valence-corrected chi connectivity index (χ1v) is 4.27. The molecule has 1 heterocycles. The van der Waals surface area contributed by atoms with E-state index in [1.165, 1.54) is 0 Å². The third kappa shape index (κ3) is 0.942. The average molecular weight is 185 g/mol. The number of carbonyl (C=O) groups excluding carboxylic acids is 1. The van der Waals surface area contributed by atoms with Crippen molar-refractivity contribution in [1.29, 1.82) is 5.26 Å². The summed E-state index contributed by atoms with van der Waals surface area (Å²) < 4.78 is 0. The molecule has 0 saturated carbocycles. The minimum atomic E-state index is -1.05. The Balaban J connectivity index is 2.66. The van der Waals surface area contributed by atoms with Crippen molar-refractivity contribution in [2.24, 2.45) is 0 Å². The van der Waals surface area contributed by atoms with Crippen molar-refractivity contribution in [2.75, 3.05) is 5.32 Å². The standard InChI is InChI=1S/C11H9N2O/c1-7-3-4-8-9(5-7)13-10(14)11(8,2)6-12/h3-5H,1H2,2H3,(H,13,14). The van der Waals surface area contributed by atoms with Gasteiger partial charge in [0.25, 0.3) is 0 Å². The molecule has 1 N–H and O–H groups in total. The van der Waals surface area contributed by atoms with Crippen molar-refractivity contribution < 1.29 is 4.79 Å². The van der Waals surface area contributed by atoms with E-state index in [1.54, 1.807) is 25.1 Å². The molecule has 3 heteroatoms. The van der Waals surface area contributed by atoms with E-state index in [9.17, 15) is 4.79 Å². The first-order valence-electron chi connectivity index (χ1n) is 4.27. The fraction of sp³-hybridized carbons (Fsp3) is 0.182. The van der Waals surface area contributed by atoms with Gasteiger partial charge in [0.2, 0.25) is 5.91 Å². The normalized spacial score (nSPS) is 23.9. The van der Waals surface area contributed by atoms with E-state index in [-0.39, 0.29) is 5.91 Å². The molecular weight excluding hydrogens is 176 g/mol. The molecule has 0 bridgehead atoms. The van der Waals surface area contributed by atoms with Gasteiger partial charge in [0.05, 0.1) is 6.07 Å². The van der Waals surface area contributed by atoms with Crippen LogP contribution in [-0.4, -0.2) is 5.91 Å². The first kappa shape index (κ1) is 8.76. The van der Waals surface area contributed by atoms with Crippen LogP contribution in [0.1, 0.15) is 18.1 Å². The summed E-state index contributed by atoms with van der Waals surface area (Å²) in [6, 6.07) is 7.38. The lowest BCUT2D eigenvalue weighted by molar-refractivity contribution is -0.118. The van der Waals surface area contributed by atoms with E-state index < -0.39 is 5.41 Å². The summed E-state index contributed by atoms with van der Waals surface area (Å²) >= 11 is 0. The molecule has 1 amide bonds. The molecule has 1 unspecified atom stereocenters. The largest absolute Gasteiger partial charge is 0.324 e. The van der Waals surface area contributed by atoms with Crippen LogP contribution in [0.5, 0.6) is 0 Å². The molecule has 1 atom stereocenters. The number of amides is 1. The Bertz CT molecular complexity index is 459. The Hall–Kier alpha value is -1.82. The van der Waals surface area contributed by atoms with Gasteiger partial charge in [-0.1, -0.05) is 12.1 Å². The lowest BCUT2D eigenvalue weighted by atomic mass is 9.85. The summed E-state index contributed by atoms with van der Waals surface area (Å²) in [6.45, 7) is 5.38. The fourth-order valence-electron chi connectivity index (χ4n) is 1.61. The highest BCUT2D eigenvalue weighted by molar-refractivity contribution is 6.08. The van der Waals surface area contributed by atoms with Gasteiger partial charge in [-0.15, -0.1) is 0 Å². The van der Waals surface area contributed by atoms with Crippen molar-refractivity contribution in [3.05, 3.63) is 36.2 Å². The second kappa shape index (κ2) is 2.58. The smallest absolute Gasteiger partial charge is 0.249 e. The van der Waals surface area contributed by atoms with Gasteiger partial charge in [0.1, 0.15) is 0 Å². The maximum Gasteiger partial charge on any atom is 0.249 e. The van der Waals surface area contributed by atoms with E-state index in [0.29, 0.717) is 5.69 Å². The van der Waals surface area contributed by atoms with Gasteiger partial charge in [-0.25, -0.2) is 0 Å². The molecule has 0 aliphatic carbocycles. The number of fused-ring (bicyclic) bond motifs is 1. The molecule has 1 aliphatic heterocycles. The molecule has 69 valence electrons. The zero-order chi connectivity index (χ0) is 10.3. The monoisotopic (exact) mass is 185 g/mol. The van der Waals surface area contributed by atoms with Crippen LogP contribution in [0.25, 0.3) is 0 Å². The van der Waals surface area contributed by atoms with Crippen LogP contribution in [0.4, 0.5) is 5.69 Å². The van der Waals surface area contributed by atoms with E-state index in [1.807, 2.05) is 6.07 Å². The fourth-order valence-corrected chi connectivity index (χ4v) is 1.61. The second-order valence-corrected chi connectivity index (χ2v) is 3.57. The molecule has 0 spiro atoms. The van der Waals surface area contributed by atoms with Crippen LogP contribution in [0, 0.1) is 18.3 Å². The SMILES string of the molecule is [CH2]c1ccc2c(c1)NC(=O)C2(C)C#N. The molecule has 1 aliphatic rings. The minimum absolute atomic E-state index is 0.263. The van der Waals surface area contributed by atoms with E-state index in [4.69, 9.17) is 5.26 Å². The Morgan fingerprint density at radius 3 is 2.93 bits per heavy atom. The van der Waals surface area contributed by atoms with E-state index in [0.717, 1.165) is 11.1 Å². The summed E-state index contributed by atoms with van der Waals surface area (Å²) in [5.41, 5.74) is 1.21. The molecule has 14 heavy (non-hydrogen) atoms. The number of nitriles is 1. The number of hydrogen-bond acceptors (Lipinski definition) is 2. The van der Waals surface area contributed by atoms with Gasteiger partial charge >= 0.3 is 0 Å². The van der Waals surface area contributed by atoms with E-state index >= 15 is 0 Å². The van der Waals surface area contributed by atoms with Gasteiger partial charge in [0.15, 0.2) is 5.41 Å². The summed E-state index contributed by atoms with van der Waals surface area (Å²) in [5, 5.41) is 11.7. The molecular formula is C11H9N2O. The zero-order valence-corrected chi connectivity index (χ0v) is 7.79. The van der Waals surface area contributed by atoms with Gasteiger partial charge < -0.3 is 5.32 Å². The predicted octanol–water partition coefficient (Wildman–Crippen LogP) is 1.60. The Morgan fingerprint density at radius 2 is 2.29 bits per heavy atom. The highest BCUT2D eigenvalue weighted by atomic mass is 16.2. The van der Waals surface area contributed by atoms with Crippen LogP contribution in [0.15, 0.2) is 18.2 Å². The van der Waals surface area contributed by atoms with Crippen LogP contribution in [0.3, 0.4) is 0 Å². The molecule has 2 rings (SSSR count). The number of nitrogens with zero attached hydrogens (tertiary/aromatic N) is 1. The molecule has 1 aromatic carbocycles. The summed E-state index contributed by atoms with van der Waals surface area (Å²) in [6.07, 6.45) is 0. The minimum Gasteiger partial charge on any atom is -0.324 e. The molecule has 0 aromatic heterocycles. The molecule has 1 aromatic rings. The number of hydrogen-bond donors (Lipinski definition) is 1. The van der Waals surface area contributed by atoms with Gasteiger partial charge in [-0.2, -0.15) is 5.26 Å². The first-order chi connectivity index (χ1) is 6.58. The molecule has 0 saturated heterocycles. The second-order valence-electron chi connectivity index (χ2n) is 3.57. The van der Waals surface area contributed by atoms with E-state index in [2.05, 4.69) is 12.2 Å². The summed E-state index contributed by atoms with van der Waals surface area (Å²) in [5.74, 6) is -0.263. The number of rotatable bonds is 0. The van der Waals surface area contributed by atoms with Gasteiger partial charge in [0, 0.05) is 11.3 Å². The maximum absolute atomic E-state index is 11.5. The summed E-state index contributed by atoms with van der Waals surface area (Å²) in [4.78, 5) is 11.5. The zero-order valence-electron chi connectivity index (χ0n) is 7.79. The maximum atomic E-state index is 11.5. The van der Waals surface area contributed by atoms with Gasteiger partial charge in [-0.05, 0) is 25.5 Å². The Labute approximate surface area is 82.4 Å². The van der Waals surface area contributed by atoms with Crippen molar-refractivity contribution in [3.63, 3.8) is 0 Å². The quantitative estimate of drug-likeness (QED) is 0.667. The van der Waals surface area contributed by atoms with Crippen LogP contribution < -0.4 is 5.32 Å². The highest BCUT2D eigenvalue weighted by Gasteiger charge is 2.42. The number of carbonyl (C=O) groups is 1. The lowest BCUT2D eigenvalue weighted by Crippen LogP contribution is -2.28. The number of anilines is 1. The van der Waals surface area contributed by atoms with Crippen molar-refractivity contribution >= 4 is 11.6 Å². The van der Waals surface area contributed by atoms with Crippen LogP contribution >= 0.6 is 0 Å². The Morgan fingerprint density at radius 1 is 1.57 bits per heavy atom. The van der Waals surface area contributed by atoms with Crippen LogP contribution in [-0.2, 0) is 10.2 Å². The van der Waals surface area contributed by atoms with Crippen molar-refractivity contribution in [2.45, 2.75) is 12.3 Å². The third-order valence-corrected chi connectivity index (χ3v) is 2.55. The van der Waals surface area contributed by atoms with Crippen molar-refractivity contribution in [3.8, 4) is 6.07 Å². The topological polar surface area (TPSA) is 52.9 Å². The summed E-state index contributed by atoms with van der Waals surface area (Å²) in [7, 11) is 0. The molecule has 1 radical (unpaired) electrons.